The minimum absolute atomic E-state index is 0.0137. The van der Waals surface area contributed by atoms with Crippen LogP contribution in [0.1, 0.15) is 55.7 Å². The van der Waals surface area contributed by atoms with Gasteiger partial charge in [-0.2, -0.15) is 0 Å². The van der Waals surface area contributed by atoms with Crippen molar-refractivity contribution in [3.8, 4) is 11.5 Å². The average Bonchev–Trinajstić information content (AvgIpc) is 3.49. The Labute approximate surface area is 206 Å². The van der Waals surface area contributed by atoms with Crippen LogP contribution in [0.4, 0.5) is 0 Å². The largest absolute Gasteiger partial charge is 0.504 e. The molecule has 1 amide bonds. The number of ether oxygens (including phenoxy) is 1. The summed E-state index contributed by atoms with van der Waals surface area (Å²) >= 11 is 0. The van der Waals surface area contributed by atoms with Crippen molar-refractivity contribution in [1.82, 2.24) is 9.80 Å². The number of phenols is 1. The van der Waals surface area contributed by atoms with E-state index in [2.05, 4.69) is 11.8 Å². The normalized spacial score (nSPS) is 32.9. The van der Waals surface area contributed by atoms with Crippen LogP contribution in [0.25, 0.3) is 6.08 Å². The molecular formula is C28H34N2O5. The summed E-state index contributed by atoms with van der Waals surface area (Å²) in [6, 6.07) is 5.33. The number of piperidine rings is 1. The van der Waals surface area contributed by atoms with Gasteiger partial charge < -0.3 is 24.3 Å². The first-order valence-electron chi connectivity index (χ1n) is 12.9. The lowest BCUT2D eigenvalue weighted by Crippen LogP contribution is -2.78. The third-order valence-electron chi connectivity index (χ3n) is 9.15. The zero-order valence-corrected chi connectivity index (χ0v) is 20.4. The van der Waals surface area contributed by atoms with Gasteiger partial charge in [-0.3, -0.25) is 9.69 Å². The Bertz CT molecular complexity index is 1160. The van der Waals surface area contributed by atoms with Crippen LogP contribution in [0.3, 0.4) is 0 Å². The topological polar surface area (TPSA) is 86.4 Å². The second-order valence-corrected chi connectivity index (χ2v) is 10.7. The first-order valence-corrected chi connectivity index (χ1v) is 12.9. The Balaban J connectivity index is 1.39. The van der Waals surface area contributed by atoms with Crippen molar-refractivity contribution >= 4 is 12.0 Å². The Morgan fingerprint density at radius 1 is 1.31 bits per heavy atom. The van der Waals surface area contributed by atoms with E-state index in [9.17, 15) is 15.0 Å². The van der Waals surface area contributed by atoms with Crippen molar-refractivity contribution in [2.45, 2.75) is 74.7 Å². The number of rotatable bonds is 6. The SMILES string of the molecule is CCCCN1CC[C@]23c4c5ccc(O)c4O[C@H]2[C@@H](N(C)C(=O)/C=C/c2ccoc2)CC[C@@]3(O)[C@H]1C5. The number of amides is 1. The van der Waals surface area contributed by atoms with Crippen LogP contribution in [-0.2, 0) is 16.6 Å². The van der Waals surface area contributed by atoms with Crippen LogP contribution in [0.15, 0.2) is 41.2 Å². The van der Waals surface area contributed by atoms with Gasteiger partial charge in [0.1, 0.15) is 6.10 Å². The summed E-state index contributed by atoms with van der Waals surface area (Å²) in [7, 11) is 1.82. The van der Waals surface area contributed by atoms with Gasteiger partial charge in [-0.1, -0.05) is 19.4 Å². The number of carbonyl (C=O) groups is 1. The molecule has 7 heteroatoms. The van der Waals surface area contributed by atoms with E-state index >= 15 is 0 Å². The molecule has 2 aliphatic heterocycles. The number of likely N-dealkylation sites (tertiary alicyclic amines) is 1. The maximum absolute atomic E-state index is 13.2. The number of hydrogen-bond donors (Lipinski definition) is 2. The Hall–Kier alpha value is -2.77. The predicted octanol–water partition coefficient (Wildman–Crippen LogP) is 3.48. The molecule has 186 valence electrons. The van der Waals surface area contributed by atoms with E-state index in [1.807, 2.05) is 13.1 Å². The summed E-state index contributed by atoms with van der Waals surface area (Å²) in [6.45, 7) is 4.06. The molecule has 1 aromatic carbocycles. The first-order chi connectivity index (χ1) is 16.9. The molecule has 2 aromatic rings. The fourth-order valence-corrected chi connectivity index (χ4v) is 7.45. The molecule has 2 fully saturated rings. The van der Waals surface area contributed by atoms with Gasteiger partial charge in [0.25, 0.3) is 0 Å². The van der Waals surface area contributed by atoms with Crippen molar-refractivity contribution < 1.29 is 24.2 Å². The second-order valence-electron chi connectivity index (χ2n) is 10.7. The van der Waals surface area contributed by atoms with E-state index in [-0.39, 0.29) is 23.7 Å². The smallest absolute Gasteiger partial charge is 0.246 e. The van der Waals surface area contributed by atoms with Crippen LogP contribution in [0.2, 0.25) is 0 Å². The standard InChI is InChI=1S/C28H34N2O5/c1-3-4-13-30-14-12-27-24-19-6-7-21(31)25(24)35-26(27)20(9-11-28(27,33)22(30)16-19)29(2)23(32)8-5-18-10-15-34-17-18/h5-8,10,15,17,20,22,26,31,33H,3-4,9,11-14,16H2,1-2H3/b8-5+/t20-,22+,26-,27-,28+/m0/s1. The number of aliphatic hydroxyl groups is 1. The van der Waals surface area contributed by atoms with E-state index in [1.165, 1.54) is 0 Å². The Morgan fingerprint density at radius 3 is 2.94 bits per heavy atom. The zero-order chi connectivity index (χ0) is 24.4. The van der Waals surface area contributed by atoms with Crippen LogP contribution in [-0.4, -0.2) is 69.8 Å². The van der Waals surface area contributed by atoms with Crippen LogP contribution in [0, 0.1) is 0 Å². The number of nitrogens with zero attached hydrogens (tertiary/aromatic N) is 2. The van der Waals surface area contributed by atoms with Crippen LogP contribution >= 0.6 is 0 Å². The highest BCUT2D eigenvalue weighted by Gasteiger charge is 2.73. The maximum atomic E-state index is 13.2. The van der Waals surface area contributed by atoms with Gasteiger partial charge in [0.2, 0.25) is 5.91 Å². The zero-order valence-electron chi connectivity index (χ0n) is 20.4. The van der Waals surface area contributed by atoms with Gasteiger partial charge in [-0.15, -0.1) is 0 Å². The summed E-state index contributed by atoms with van der Waals surface area (Å²) in [4.78, 5) is 17.4. The lowest BCUT2D eigenvalue weighted by atomic mass is 9.48. The van der Waals surface area contributed by atoms with E-state index in [0.29, 0.717) is 18.6 Å². The van der Waals surface area contributed by atoms with Gasteiger partial charge in [0.05, 0.1) is 29.6 Å². The Kier molecular flexibility index (Phi) is 5.27. The lowest BCUT2D eigenvalue weighted by molar-refractivity contribution is -0.199. The fraction of sp³-hybridized carbons (Fsp3) is 0.536. The highest BCUT2D eigenvalue weighted by atomic mass is 16.5. The molecule has 0 radical (unpaired) electrons. The molecule has 2 bridgehead atoms. The van der Waals surface area contributed by atoms with E-state index < -0.39 is 17.1 Å². The molecule has 3 heterocycles. The highest BCUT2D eigenvalue weighted by Crippen LogP contribution is 2.65. The average molecular weight is 479 g/mol. The quantitative estimate of drug-likeness (QED) is 0.619. The molecule has 1 saturated heterocycles. The third-order valence-corrected chi connectivity index (χ3v) is 9.15. The first kappa shape index (κ1) is 22.7. The molecule has 1 spiro atoms. The third kappa shape index (κ3) is 3.07. The van der Waals surface area contributed by atoms with Crippen molar-refractivity contribution in [2.24, 2.45) is 0 Å². The molecule has 6 rings (SSSR count). The molecule has 2 aliphatic carbocycles. The fourth-order valence-electron chi connectivity index (χ4n) is 7.45. The molecule has 5 atom stereocenters. The van der Waals surface area contributed by atoms with Gasteiger partial charge in [-0.25, -0.2) is 0 Å². The monoisotopic (exact) mass is 478 g/mol. The van der Waals surface area contributed by atoms with Crippen LogP contribution < -0.4 is 4.74 Å². The van der Waals surface area contributed by atoms with Crippen molar-refractivity contribution in [3.63, 3.8) is 0 Å². The summed E-state index contributed by atoms with van der Waals surface area (Å²) in [5.74, 6) is 0.511. The summed E-state index contributed by atoms with van der Waals surface area (Å²) in [5.41, 5.74) is 1.38. The molecule has 35 heavy (non-hydrogen) atoms. The number of unbranched alkanes of at least 4 members (excludes halogenated alkanes) is 1. The summed E-state index contributed by atoms with van der Waals surface area (Å²) in [6.07, 6.45) is 11.1. The number of hydrogen-bond acceptors (Lipinski definition) is 6. The van der Waals surface area contributed by atoms with Crippen molar-refractivity contribution in [2.75, 3.05) is 20.1 Å². The number of likely N-dealkylation sites (N-methyl/N-ethyl adjacent to an activating group) is 1. The van der Waals surface area contributed by atoms with Crippen molar-refractivity contribution in [1.29, 1.82) is 0 Å². The maximum Gasteiger partial charge on any atom is 0.246 e. The highest BCUT2D eigenvalue weighted by molar-refractivity contribution is 5.91. The molecular weight excluding hydrogens is 444 g/mol. The molecule has 2 N–H and O–H groups in total. The lowest BCUT2D eigenvalue weighted by Gasteiger charge is -2.64. The number of furan rings is 1. The minimum Gasteiger partial charge on any atom is -0.504 e. The van der Waals surface area contributed by atoms with E-state index in [1.54, 1.807) is 41.7 Å². The van der Waals surface area contributed by atoms with Gasteiger partial charge >= 0.3 is 0 Å². The summed E-state index contributed by atoms with van der Waals surface area (Å²) in [5, 5.41) is 23.3. The second kappa shape index (κ2) is 8.14. The summed E-state index contributed by atoms with van der Waals surface area (Å²) < 4.78 is 11.7. The van der Waals surface area contributed by atoms with Gasteiger partial charge in [-0.05, 0) is 69.0 Å². The molecule has 1 saturated carbocycles. The van der Waals surface area contributed by atoms with Gasteiger partial charge in [0.15, 0.2) is 11.5 Å². The molecule has 4 aliphatic rings. The number of carbonyl (C=O) groups excluding carboxylic acids is 1. The predicted molar refractivity (Wildman–Crippen MR) is 131 cm³/mol. The van der Waals surface area contributed by atoms with Crippen molar-refractivity contribution in [3.05, 3.63) is 53.5 Å². The minimum atomic E-state index is -0.956. The van der Waals surface area contributed by atoms with Crippen LogP contribution in [0.5, 0.6) is 11.5 Å². The van der Waals surface area contributed by atoms with E-state index in [0.717, 1.165) is 55.5 Å². The van der Waals surface area contributed by atoms with E-state index in [4.69, 9.17) is 9.15 Å². The molecule has 0 unspecified atom stereocenters. The Morgan fingerprint density at radius 2 is 2.17 bits per heavy atom. The molecule has 7 nitrogen and oxygen atoms in total. The number of benzene rings is 1. The molecule has 1 aromatic heterocycles. The number of phenolic OH excluding ortho intramolecular Hbond substituents is 1. The van der Waals surface area contributed by atoms with Gasteiger partial charge in [0, 0.05) is 30.3 Å². The number of aromatic hydroxyl groups is 1.